The highest BCUT2D eigenvalue weighted by Crippen LogP contribution is 2.39. The average molecular weight is 477 g/mol. The van der Waals surface area contributed by atoms with Gasteiger partial charge in [0, 0.05) is 6.54 Å². The van der Waals surface area contributed by atoms with E-state index in [2.05, 4.69) is 33.0 Å². The molecule has 4 rings (SSSR count). The quantitative estimate of drug-likeness (QED) is 0.273. The summed E-state index contributed by atoms with van der Waals surface area (Å²) >= 11 is 2.82. The van der Waals surface area contributed by atoms with Crippen molar-refractivity contribution < 1.29 is 9.53 Å². The minimum absolute atomic E-state index is 0.146. The van der Waals surface area contributed by atoms with E-state index >= 15 is 0 Å². The molecule has 0 saturated carbocycles. The van der Waals surface area contributed by atoms with Gasteiger partial charge in [-0.3, -0.25) is 4.79 Å². The van der Waals surface area contributed by atoms with Gasteiger partial charge in [0.05, 0.1) is 12.3 Å². The molecule has 0 saturated heterocycles. The Hall–Kier alpha value is -3.36. The summed E-state index contributed by atoms with van der Waals surface area (Å²) in [5.74, 6) is 0.501. The van der Waals surface area contributed by atoms with E-state index in [1.165, 1.54) is 23.1 Å². The maximum atomic E-state index is 13.3. The van der Waals surface area contributed by atoms with Gasteiger partial charge in [-0.25, -0.2) is 0 Å². The first-order valence-corrected chi connectivity index (χ1v) is 12.3. The summed E-state index contributed by atoms with van der Waals surface area (Å²) in [5.41, 5.74) is 2.70. The van der Waals surface area contributed by atoms with Crippen LogP contribution in [-0.2, 0) is 11.3 Å². The van der Waals surface area contributed by atoms with Crippen LogP contribution in [-0.4, -0.2) is 22.7 Å². The molecule has 0 bridgehead atoms. The molecule has 168 valence electrons. The fourth-order valence-electron chi connectivity index (χ4n) is 3.15. The van der Waals surface area contributed by atoms with Gasteiger partial charge in [-0.2, -0.15) is 0 Å². The third-order valence-electron chi connectivity index (χ3n) is 4.70. The summed E-state index contributed by atoms with van der Waals surface area (Å²) in [6.45, 7) is 3.10. The van der Waals surface area contributed by atoms with Crippen molar-refractivity contribution in [3.63, 3.8) is 0 Å². The lowest BCUT2D eigenvalue weighted by Crippen LogP contribution is -2.19. The molecule has 1 atom stereocenters. The normalized spacial score (nSPS) is 11.5. The number of para-hydroxylation sites is 2. The van der Waals surface area contributed by atoms with Crippen LogP contribution in [0.4, 0.5) is 10.8 Å². The first-order valence-electron chi connectivity index (χ1n) is 10.6. The molecule has 0 fully saturated rings. The number of aromatic nitrogens is 2. The molecular formula is C25H24N4O2S2. The summed E-state index contributed by atoms with van der Waals surface area (Å²) in [6.07, 6.45) is 0. The van der Waals surface area contributed by atoms with Gasteiger partial charge in [-0.05, 0) is 30.2 Å². The van der Waals surface area contributed by atoms with E-state index in [9.17, 15) is 4.79 Å². The van der Waals surface area contributed by atoms with Crippen LogP contribution in [0.15, 0.2) is 89.3 Å². The van der Waals surface area contributed by atoms with E-state index < -0.39 is 5.25 Å². The van der Waals surface area contributed by atoms with Crippen LogP contribution in [0.25, 0.3) is 0 Å². The summed E-state index contributed by atoms with van der Waals surface area (Å²) in [7, 11) is 0. The Labute approximate surface area is 201 Å². The van der Waals surface area contributed by atoms with Crippen molar-refractivity contribution in [1.82, 2.24) is 10.2 Å². The van der Waals surface area contributed by atoms with Gasteiger partial charge in [-0.1, -0.05) is 95.9 Å². The molecule has 1 heterocycles. The Kier molecular flexibility index (Phi) is 7.94. The monoisotopic (exact) mass is 476 g/mol. The molecule has 4 aromatic rings. The highest BCUT2D eigenvalue weighted by Gasteiger charge is 2.25. The summed E-state index contributed by atoms with van der Waals surface area (Å²) in [6, 6.07) is 27.2. The molecule has 0 radical (unpaired) electrons. The second kappa shape index (κ2) is 11.5. The first-order chi connectivity index (χ1) is 16.2. The lowest BCUT2D eigenvalue weighted by Gasteiger charge is -2.17. The maximum absolute atomic E-state index is 13.3. The molecule has 0 aliphatic heterocycles. The zero-order valence-corrected chi connectivity index (χ0v) is 19.7. The second-order valence-electron chi connectivity index (χ2n) is 7.04. The highest BCUT2D eigenvalue weighted by atomic mass is 32.2. The van der Waals surface area contributed by atoms with Crippen molar-refractivity contribution in [1.29, 1.82) is 0 Å². The topological polar surface area (TPSA) is 76.1 Å². The van der Waals surface area contributed by atoms with Crippen LogP contribution in [0.1, 0.15) is 23.3 Å². The number of carbonyl (C=O) groups is 1. The zero-order chi connectivity index (χ0) is 22.9. The molecule has 6 nitrogen and oxygen atoms in total. The van der Waals surface area contributed by atoms with Crippen LogP contribution >= 0.6 is 23.1 Å². The Morgan fingerprint density at radius 3 is 2.42 bits per heavy atom. The van der Waals surface area contributed by atoms with E-state index in [4.69, 9.17) is 4.74 Å². The number of hydrogen-bond acceptors (Lipinski definition) is 7. The van der Waals surface area contributed by atoms with Gasteiger partial charge < -0.3 is 15.4 Å². The number of thioether (sulfide) groups is 1. The van der Waals surface area contributed by atoms with Gasteiger partial charge >= 0.3 is 0 Å². The number of nitrogens with zero attached hydrogens (tertiary/aromatic N) is 2. The number of hydrogen-bond donors (Lipinski definition) is 2. The standard InChI is InChI=1S/C25H24N4O2S2/c1-2-31-21-16-10-9-15-20(21)27-23(30)22(19-13-7-4-8-14-19)32-25-29-28-24(33-25)26-17-18-11-5-3-6-12-18/h3-16,22H,2,17H2,1H3,(H,26,28)(H,27,30). The molecular weight excluding hydrogens is 452 g/mol. The zero-order valence-electron chi connectivity index (χ0n) is 18.1. The van der Waals surface area contributed by atoms with Gasteiger partial charge in [0.25, 0.3) is 0 Å². The highest BCUT2D eigenvalue weighted by molar-refractivity contribution is 8.02. The van der Waals surface area contributed by atoms with E-state index in [0.29, 0.717) is 28.9 Å². The third kappa shape index (κ3) is 6.34. The maximum Gasteiger partial charge on any atom is 0.242 e. The molecule has 1 aromatic heterocycles. The van der Waals surface area contributed by atoms with Gasteiger partial charge in [0.2, 0.25) is 11.0 Å². The number of rotatable bonds is 10. The number of anilines is 2. The molecule has 8 heteroatoms. The SMILES string of the molecule is CCOc1ccccc1NC(=O)C(Sc1nnc(NCc2ccccc2)s1)c1ccccc1. The van der Waals surface area contributed by atoms with Crippen molar-refractivity contribution >= 4 is 39.8 Å². The predicted molar refractivity (Wildman–Crippen MR) is 135 cm³/mol. The van der Waals surface area contributed by atoms with E-state index in [1.807, 2.05) is 79.7 Å². The Balaban J connectivity index is 1.49. The Morgan fingerprint density at radius 2 is 1.67 bits per heavy atom. The van der Waals surface area contributed by atoms with Crippen molar-refractivity contribution in [3.8, 4) is 5.75 Å². The van der Waals surface area contributed by atoms with Crippen LogP contribution in [0, 0.1) is 0 Å². The van der Waals surface area contributed by atoms with Crippen molar-refractivity contribution in [2.24, 2.45) is 0 Å². The van der Waals surface area contributed by atoms with E-state index in [-0.39, 0.29) is 5.91 Å². The number of benzene rings is 3. The van der Waals surface area contributed by atoms with E-state index in [1.54, 1.807) is 0 Å². The van der Waals surface area contributed by atoms with Crippen LogP contribution in [0.3, 0.4) is 0 Å². The molecule has 0 aliphatic rings. The lowest BCUT2D eigenvalue weighted by molar-refractivity contribution is -0.115. The molecule has 2 N–H and O–H groups in total. The average Bonchev–Trinajstić information content (AvgIpc) is 3.31. The molecule has 0 spiro atoms. The number of amides is 1. The third-order valence-corrected chi connectivity index (χ3v) is 6.92. The van der Waals surface area contributed by atoms with Crippen molar-refractivity contribution in [3.05, 3.63) is 96.1 Å². The van der Waals surface area contributed by atoms with Crippen LogP contribution in [0.5, 0.6) is 5.75 Å². The first kappa shape index (κ1) is 22.8. The fraction of sp³-hybridized carbons (Fsp3) is 0.160. The predicted octanol–water partition coefficient (Wildman–Crippen LogP) is 6.02. The smallest absolute Gasteiger partial charge is 0.242 e. The number of nitrogens with one attached hydrogen (secondary N) is 2. The Morgan fingerprint density at radius 1 is 0.970 bits per heavy atom. The molecule has 1 amide bonds. The minimum atomic E-state index is -0.490. The summed E-state index contributed by atoms with van der Waals surface area (Å²) < 4.78 is 6.37. The fourth-order valence-corrected chi connectivity index (χ4v) is 5.09. The van der Waals surface area contributed by atoms with E-state index in [0.717, 1.165) is 16.3 Å². The second-order valence-corrected chi connectivity index (χ2v) is 9.37. The molecule has 0 aliphatic carbocycles. The minimum Gasteiger partial charge on any atom is -0.492 e. The van der Waals surface area contributed by atoms with Crippen LogP contribution < -0.4 is 15.4 Å². The van der Waals surface area contributed by atoms with Gasteiger partial charge in [-0.15, -0.1) is 10.2 Å². The van der Waals surface area contributed by atoms with Gasteiger partial charge in [0.15, 0.2) is 4.34 Å². The summed E-state index contributed by atoms with van der Waals surface area (Å²) in [4.78, 5) is 13.3. The lowest BCUT2D eigenvalue weighted by atomic mass is 10.1. The largest absolute Gasteiger partial charge is 0.492 e. The number of ether oxygens (including phenoxy) is 1. The van der Waals surface area contributed by atoms with Gasteiger partial charge in [0.1, 0.15) is 11.0 Å². The Bertz CT molecular complexity index is 1170. The van der Waals surface area contributed by atoms with Crippen LogP contribution in [0.2, 0.25) is 0 Å². The molecule has 33 heavy (non-hydrogen) atoms. The van der Waals surface area contributed by atoms with Crippen molar-refractivity contribution in [2.45, 2.75) is 23.1 Å². The number of carbonyl (C=O) groups excluding carboxylic acids is 1. The molecule has 1 unspecified atom stereocenters. The van der Waals surface area contributed by atoms with Crippen molar-refractivity contribution in [2.75, 3.05) is 17.2 Å². The summed E-state index contributed by atoms with van der Waals surface area (Å²) in [5, 5.41) is 15.1. The molecule has 3 aromatic carbocycles.